The zero-order chi connectivity index (χ0) is 33.9. The molecule has 5 heterocycles. The number of rotatable bonds is 7. The fourth-order valence-corrected chi connectivity index (χ4v) is 8.94. The Balaban J connectivity index is 1.38. The molecule has 2 aromatic carbocycles. The Morgan fingerprint density at radius 1 is 1.27 bits per heavy atom. The summed E-state index contributed by atoms with van der Waals surface area (Å²) in [6.45, 7) is 7.61. The van der Waals surface area contributed by atoms with Crippen molar-refractivity contribution in [2.75, 3.05) is 43.9 Å². The number of amides is 1. The number of alkyl halides is 1. The molecule has 3 aliphatic heterocycles. The number of aromatic nitrogens is 2. The van der Waals surface area contributed by atoms with Gasteiger partial charge in [0.2, 0.25) is 5.91 Å². The predicted molar refractivity (Wildman–Crippen MR) is 181 cm³/mol. The van der Waals surface area contributed by atoms with Crippen LogP contribution in [0.4, 0.5) is 19.6 Å². The summed E-state index contributed by atoms with van der Waals surface area (Å²) in [5, 5.41) is 21.4. The van der Waals surface area contributed by atoms with Gasteiger partial charge in [0, 0.05) is 48.9 Å². The first kappa shape index (κ1) is 31.7. The maximum absolute atomic E-state index is 14.9. The highest BCUT2D eigenvalue weighted by molar-refractivity contribution is 7.23. The third-order valence-corrected chi connectivity index (χ3v) is 11.4. The number of fused-ring (bicyclic) bond motifs is 3. The number of hydrogen-bond acceptors (Lipinski definition) is 10. The van der Waals surface area contributed by atoms with Gasteiger partial charge in [-0.2, -0.15) is 20.5 Å². The van der Waals surface area contributed by atoms with Crippen LogP contribution in [-0.2, 0) is 4.79 Å². The fraction of sp³-hybridized carbons (Fsp3) is 0.400. The molecule has 0 aliphatic carbocycles. The largest absolute Gasteiger partial charge is 0.461 e. The Hall–Kier alpha value is -4.85. The summed E-state index contributed by atoms with van der Waals surface area (Å²) in [6.07, 6.45) is 3.26. The predicted octanol–water partition coefficient (Wildman–Crippen LogP) is 5.54. The molecule has 1 amide bonds. The van der Waals surface area contributed by atoms with Gasteiger partial charge in [-0.3, -0.25) is 9.69 Å². The first-order valence-corrected chi connectivity index (χ1v) is 16.8. The van der Waals surface area contributed by atoms with Gasteiger partial charge in [0.25, 0.3) is 0 Å². The highest BCUT2D eigenvalue weighted by Gasteiger charge is 2.49. The molecule has 2 unspecified atom stereocenters. The summed E-state index contributed by atoms with van der Waals surface area (Å²) in [5.74, 6) is -0.142. The van der Waals surface area contributed by atoms with Gasteiger partial charge in [0.15, 0.2) is 0 Å². The first-order valence-electron chi connectivity index (χ1n) is 15.9. The highest BCUT2D eigenvalue weighted by Crippen LogP contribution is 2.44. The van der Waals surface area contributed by atoms with Crippen molar-refractivity contribution in [3.63, 3.8) is 0 Å². The van der Waals surface area contributed by atoms with E-state index in [4.69, 9.17) is 20.4 Å². The van der Waals surface area contributed by atoms with E-state index in [1.165, 1.54) is 12.1 Å². The number of thiophene rings is 1. The van der Waals surface area contributed by atoms with E-state index < -0.39 is 17.5 Å². The number of ether oxygens (including phenoxy) is 1. The molecular weight excluding hydrogens is 635 g/mol. The number of nitriles is 2. The Morgan fingerprint density at radius 3 is 2.83 bits per heavy atom. The van der Waals surface area contributed by atoms with Crippen LogP contribution in [0.15, 0.2) is 36.9 Å². The molecule has 0 saturated carbocycles. The minimum absolute atomic E-state index is 0.106. The van der Waals surface area contributed by atoms with Gasteiger partial charge < -0.3 is 20.3 Å². The Bertz CT molecular complexity index is 2070. The van der Waals surface area contributed by atoms with E-state index in [1.807, 2.05) is 18.9 Å². The van der Waals surface area contributed by atoms with Gasteiger partial charge in [-0.1, -0.05) is 12.6 Å². The van der Waals surface area contributed by atoms with Crippen molar-refractivity contribution >= 4 is 49.1 Å². The molecule has 7 rings (SSSR count). The molecule has 4 atom stereocenters. The molecule has 0 bridgehead atoms. The van der Waals surface area contributed by atoms with Crippen molar-refractivity contribution in [3.05, 3.63) is 53.9 Å². The number of benzene rings is 2. The van der Waals surface area contributed by atoms with Gasteiger partial charge in [-0.15, -0.1) is 11.3 Å². The van der Waals surface area contributed by atoms with Crippen molar-refractivity contribution in [2.45, 2.75) is 56.4 Å². The number of nitrogens with two attached hydrogens (primary N) is 1. The lowest BCUT2D eigenvalue weighted by Crippen LogP contribution is -2.44. The summed E-state index contributed by atoms with van der Waals surface area (Å²) >= 11 is 0.989. The molecular formula is C35H34F2N8O2S. The smallest absolute Gasteiger partial charge is 0.319 e. The van der Waals surface area contributed by atoms with Gasteiger partial charge in [-0.25, -0.2) is 8.78 Å². The van der Waals surface area contributed by atoms with Gasteiger partial charge in [-0.05, 0) is 62.6 Å². The minimum Gasteiger partial charge on any atom is -0.461 e. The SMILES string of the molecule is C=CC(=O)N1CCC(N(C)c2nc(OC[C@@]34CCCN3C[C@H](F)C4)nc3cc(-c4ccc(F)c5sc(N)c(C#N)c45)c(C#N)cc23)C1C. The fourth-order valence-electron chi connectivity index (χ4n) is 7.99. The number of hydrogen-bond donors (Lipinski definition) is 1. The van der Waals surface area contributed by atoms with E-state index in [0.29, 0.717) is 59.2 Å². The average molecular weight is 669 g/mol. The normalized spacial score (nSPS) is 23.7. The van der Waals surface area contributed by atoms with Crippen molar-refractivity contribution in [3.8, 4) is 29.3 Å². The number of likely N-dealkylation sites (N-methyl/N-ethyl adjacent to an activating group) is 1. The third-order valence-electron chi connectivity index (χ3n) is 10.4. The topological polar surface area (TPSA) is 135 Å². The molecule has 48 heavy (non-hydrogen) atoms. The van der Waals surface area contributed by atoms with Crippen molar-refractivity contribution < 1.29 is 18.3 Å². The van der Waals surface area contributed by atoms with Gasteiger partial charge in [0.05, 0.1) is 39.0 Å². The standard InChI is InChI=1S/C35H34F2N8O2S/c1-4-29(46)45-11-8-28(19(45)2)43(3)33-24-12-20(15-38)23(22-6-7-26(37)31-30(22)25(16-39)32(40)48-31)13-27(24)41-34(42-33)47-18-35-9-5-10-44(35)17-21(36)14-35/h4,6-7,12-13,19,21,28H,1,5,8-11,14,17-18,40H2,2-3H3/t19?,21-,28?,35+/m1/s1. The molecule has 10 nitrogen and oxygen atoms in total. The number of carbonyl (C=O) groups excluding carboxylic acids is 1. The van der Waals surface area contributed by atoms with E-state index in [2.05, 4.69) is 23.6 Å². The van der Waals surface area contributed by atoms with Crippen LogP contribution in [0.5, 0.6) is 6.01 Å². The Labute approximate surface area is 280 Å². The molecule has 13 heteroatoms. The maximum Gasteiger partial charge on any atom is 0.319 e. The highest BCUT2D eigenvalue weighted by atomic mass is 32.1. The zero-order valence-corrected chi connectivity index (χ0v) is 27.5. The monoisotopic (exact) mass is 668 g/mol. The summed E-state index contributed by atoms with van der Waals surface area (Å²) in [6, 6.07) is 10.5. The average Bonchev–Trinajstić information content (AvgIpc) is 3.82. The van der Waals surface area contributed by atoms with Crippen molar-refractivity contribution in [1.82, 2.24) is 19.8 Å². The van der Waals surface area contributed by atoms with Crippen LogP contribution in [0.1, 0.15) is 43.7 Å². The summed E-state index contributed by atoms with van der Waals surface area (Å²) in [7, 11) is 1.90. The number of nitrogens with zero attached hydrogens (tertiary/aromatic N) is 7. The van der Waals surface area contributed by atoms with Crippen LogP contribution in [-0.4, -0.2) is 82.8 Å². The summed E-state index contributed by atoms with van der Waals surface area (Å²) in [5.41, 5.74) is 7.53. The van der Waals surface area contributed by atoms with E-state index in [-0.39, 0.29) is 51.4 Å². The lowest BCUT2D eigenvalue weighted by molar-refractivity contribution is -0.126. The number of anilines is 2. The van der Waals surface area contributed by atoms with E-state index >= 15 is 0 Å². The van der Waals surface area contributed by atoms with Crippen molar-refractivity contribution in [2.24, 2.45) is 0 Å². The summed E-state index contributed by atoms with van der Waals surface area (Å²) in [4.78, 5) is 28.2. The van der Waals surface area contributed by atoms with Gasteiger partial charge in [0.1, 0.15) is 35.5 Å². The maximum atomic E-state index is 14.9. The number of nitrogen functional groups attached to an aromatic ring is 1. The van der Waals surface area contributed by atoms with Gasteiger partial charge >= 0.3 is 6.01 Å². The Morgan fingerprint density at radius 2 is 2.08 bits per heavy atom. The second-order valence-electron chi connectivity index (χ2n) is 12.9. The van der Waals surface area contributed by atoms with Crippen LogP contribution in [0.2, 0.25) is 0 Å². The molecule has 3 aliphatic rings. The van der Waals surface area contributed by atoms with Crippen LogP contribution >= 0.6 is 11.3 Å². The molecule has 4 aromatic rings. The molecule has 2 N–H and O–H groups in total. The third kappa shape index (κ3) is 5.00. The van der Waals surface area contributed by atoms with Crippen LogP contribution in [0.3, 0.4) is 0 Å². The minimum atomic E-state index is -0.915. The first-order chi connectivity index (χ1) is 23.1. The number of likely N-dealkylation sites (tertiary alicyclic amines) is 1. The van der Waals surface area contributed by atoms with Crippen LogP contribution in [0, 0.1) is 28.5 Å². The molecule has 0 spiro atoms. The second-order valence-corrected chi connectivity index (χ2v) is 14.0. The van der Waals surface area contributed by atoms with Crippen LogP contribution in [0.25, 0.3) is 32.1 Å². The quantitative estimate of drug-likeness (QED) is 0.252. The zero-order valence-electron chi connectivity index (χ0n) is 26.7. The van der Waals surface area contributed by atoms with Crippen LogP contribution < -0.4 is 15.4 Å². The lowest BCUT2D eigenvalue weighted by Gasteiger charge is -2.33. The second kappa shape index (κ2) is 12.0. The molecule has 2 aromatic heterocycles. The van der Waals surface area contributed by atoms with E-state index in [1.54, 1.807) is 23.1 Å². The Kier molecular flexibility index (Phi) is 7.93. The molecule has 0 radical (unpaired) electrons. The molecule has 3 fully saturated rings. The van der Waals surface area contributed by atoms with Crippen molar-refractivity contribution in [1.29, 1.82) is 10.5 Å². The summed E-state index contributed by atoms with van der Waals surface area (Å²) < 4.78 is 36.0. The number of halogens is 2. The molecule has 246 valence electrons. The molecule has 3 saturated heterocycles. The number of carbonyl (C=O) groups is 1. The van der Waals surface area contributed by atoms with E-state index in [9.17, 15) is 24.1 Å². The lowest BCUT2D eigenvalue weighted by atomic mass is 9.94. The van der Waals surface area contributed by atoms with E-state index in [0.717, 1.165) is 30.7 Å².